The molecule has 4 nitrogen and oxygen atoms in total. The molecule has 0 bridgehead atoms. The summed E-state index contributed by atoms with van der Waals surface area (Å²) in [7, 11) is 0. The van der Waals surface area contributed by atoms with Crippen molar-refractivity contribution in [2.75, 3.05) is 12.9 Å². The molecule has 0 unspecified atom stereocenters. The van der Waals surface area contributed by atoms with Gasteiger partial charge in [0.2, 0.25) is 0 Å². The van der Waals surface area contributed by atoms with Gasteiger partial charge in [0.25, 0.3) is 5.71 Å². The van der Waals surface area contributed by atoms with E-state index in [0.29, 0.717) is 10.7 Å². The average Bonchev–Trinajstić information content (AvgIpc) is 2.58. The minimum atomic E-state index is -0.601. The van der Waals surface area contributed by atoms with Crippen molar-refractivity contribution in [3.8, 4) is 0 Å². The molecule has 24 heavy (non-hydrogen) atoms. The van der Waals surface area contributed by atoms with Gasteiger partial charge in [-0.1, -0.05) is 23.7 Å². The number of benzene rings is 2. The van der Waals surface area contributed by atoms with Gasteiger partial charge in [-0.3, -0.25) is 0 Å². The van der Waals surface area contributed by atoms with E-state index in [2.05, 4.69) is 6.26 Å². The summed E-state index contributed by atoms with van der Waals surface area (Å²) in [5, 5.41) is 0.619. The smallest absolute Gasteiger partial charge is 0.410 e. The van der Waals surface area contributed by atoms with E-state index in [1.54, 1.807) is 30.8 Å². The Kier molecular flexibility index (Phi) is 6.70. The zero-order chi connectivity index (χ0) is 17.5. The van der Waals surface area contributed by atoms with Crippen LogP contribution in [-0.4, -0.2) is 29.4 Å². The molecule has 0 saturated heterocycles. The van der Waals surface area contributed by atoms with E-state index in [1.165, 1.54) is 5.56 Å². The van der Waals surface area contributed by atoms with Crippen LogP contribution in [0.2, 0.25) is 5.02 Å². The minimum absolute atomic E-state index is 0.257. The highest BCUT2D eigenvalue weighted by atomic mass is 35.5. The molecule has 0 aromatic heterocycles. The van der Waals surface area contributed by atoms with Gasteiger partial charge >= 0.3 is 6.09 Å². The molecule has 2 aromatic rings. The van der Waals surface area contributed by atoms with Crippen LogP contribution in [0, 0.1) is 0 Å². The molecule has 0 aliphatic rings. The predicted octanol–water partition coefficient (Wildman–Crippen LogP) is 4.08. The first-order valence-corrected chi connectivity index (χ1v) is 9.26. The SMILES string of the molecule is CCOC(=O)[N+](N)=C(c1ccc(Cl)cc1)c1ccc(CSC)cc1. The lowest BCUT2D eigenvalue weighted by molar-refractivity contribution is -0.456. The molecule has 0 atom stereocenters. The highest BCUT2D eigenvalue weighted by molar-refractivity contribution is 7.97. The molecule has 2 N–H and O–H groups in total. The van der Waals surface area contributed by atoms with E-state index in [-0.39, 0.29) is 6.61 Å². The number of nitrogens with zero attached hydrogens (tertiary/aromatic N) is 1. The van der Waals surface area contributed by atoms with E-state index in [9.17, 15) is 4.79 Å². The fraction of sp³-hybridized carbons (Fsp3) is 0.222. The molecule has 0 spiro atoms. The third kappa shape index (κ3) is 4.52. The quantitative estimate of drug-likeness (QED) is 0.286. The van der Waals surface area contributed by atoms with E-state index in [4.69, 9.17) is 22.2 Å². The van der Waals surface area contributed by atoms with Crippen molar-refractivity contribution in [1.29, 1.82) is 0 Å². The molecule has 0 saturated carbocycles. The summed E-state index contributed by atoms with van der Waals surface area (Å²) in [6.07, 6.45) is 1.46. The van der Waals surface area contributed by atoms with Gasteiger partial charge in [0, 0.05) is 16.3 Å². The number of thioether (sulfide) groups is 1. The van der Waals surface area contributed by atoms with E-state index in [1.807, 2.05) is 36.4 Å². The zero-order valence-electron chi connectivity index (χ0n) is 13.7. The third-order valence-electron chi connectivity index (χ3n) is 3.36. The van der Waals surface area contributed by atoms with E-state index >= 15 is 0 Å². The van der Waals surface area contributed by atoms with Gasteiger partial charge in [0.1, 0.15) is 0 Å². The lowest BCUT2D eigenvalue weighted by atomic mass is 10.0. The Morgan fingerprint density at radius 2 is 1.67 bits per heavy atom. The summed E-state index contributed by atoms with van der Waals surface area (Å²) in [5.41, 5.74) is 3.40. The van der Waals surface area contributed by atoms with Crippen molar-refractivity contribution in [1.82, 2.24) is 0 Å². The lowest BCUT2D eigenvalue weighted by Gasteiger charge is -2.06. The fourth-order valence-electron chi connectivity index (χ4n) is 2.26. The highest BCUT2D eigenvalue weighted by Crippen LogP contribution is 2.17. The Balaban J connectivity index is 2.52. The van der Waals surface area contributed by atoms with Crippen LogP contribution in [0.4, 0.5) is 4.79 Å². The second-order valence-corrected chi connectivity index (χ2v) is 6.36. The highest BCUT2D eigenvalue weighted by Gasteiger charge is 2.26. The molecular weight excluding hydrogens is 344 g/mol. The number of hydrazine groups is 1. The summed E-state index contributed by atoms with van der Waals surface area (Å²) in [6.45, 7) is 2.00. The minimum Gasteiger partial charge on any atom is -0.410 e. The number of nitrogens with two attached hydrogens (primary N) is 1. The van der Waals surface area contributed by atoms with Crippen molar-refractivity contribution in [3.63, 3.8) is 0 Å². The van der Waals surface area contributed by atoms with Crippen molar-refractivity contribution in [2.24, 2.45) is 5.84 Å². The maximum Gasteiger partial charge on any atom is 0.626 e. The lowest BCUT2D eigenvalue weighted by Crippen LogP contribution is -2.35. The molecule has 1 amide bonds. The number of hydrogen-bond acceptors (Lipinski definition) is 4. The Labute approximate surface area is 151 Å². The van der Waals surface area contributed by atoms with Crippen molar-refractivity contribution >= 4 is 35.2 Å². The Hall–Kier alpha value is -1.98. The van der Waals surface area contributed by atoms with Gasteiger partial charge in [-0.05, 0) is 59.8 Å². The molecule has 2 rings (SSSR count). The number of halogens is 1. The molecule has 126 valence electrons. The predicted molar refractivity (Wildman–Crippen MR) is 99.8 cm³/mol. The number of amides is 1. The van der Waals surface area contributed by atoms with Crippen LogP contribution in [0.15, 0.2) is 48.5 Å². The van der Waals surface area contributed by atoms with Gasteiger partial charge in [-0.15, -0.1) is 0 Å². The topological polar surface area (TPSA) is 55.3 Å². The first kappa shape index (κ1) is 18.4. The Morgan fingerprint density at radius 3 is 2.17 bits per heavy atom. The number of carbonyl (C=O) groups is 1. The van der Waals surface area contributed by atoms with Crippen molar-refractivity contribution < 1.29 is 14.2 Å². The molecule has 6 heteroatoms. The van der Waals surface area contributed by atoms with Crippen LogP contribution in [-0.2, 0) is 10.5 Å². The number of hydrogen-bond donors (Lipinski definition) is 1. The monoisotopic (exact) mass is 363 g/mol. The second kappa shape index (κ2) is 8.76. The van der Waals surface area contributed by atoms with Crippen molar-refractivity contribution in [2.45, 2.75) is 12.7 Å². The average molecular weight is 364 g/mol. The standard InChI is InChI=1S/C18H20ClN2O2S/c1-3-23-18(22)21(20)17(15-8-10-16(19)11-9-15)14-6-4-13(5-7-14)12-24-2/h4-11H,3,12,20H2,1-2H3/q+1. The number of ether oxygens (including phenoxy) is 1. The Morgan fingerprint density at radius 1 is 1.12 bits per heavy atom. The second-order valence-electron chi connectivity index (χ2n) is 5.05. The zero-order valence-corrected chi connectivity index (χ0v) is 15.2. The maximum atomic E-state index is 12.1. The molecular formula is C18H20ClN2O2S+. The molecule has 0 heterocycles. The largest absolute Gasteiger partial charge is 0.626 e. The van der Waals surface area contributed by atoms with Crippen LogP contribution in [0.3, 0.4) is 0 Å². The molecule has 0 aliphatic carbocycles. The van der Waals surface area contributed by atoms with Crippen LogP contribution in [0.25, 0.3) is 0 Å². The first-order chi connectivity index (χ1) is 11.6. The summed E-state index contributed by atoms with van der Waals surface area (Å²) in [5.74, 6) is 6.96. The van der Waals surface area contributed by atoms with Gasteiger partial charge in [0.15, 0.2) is 0 Å². The van der Waals surface area contributed by atoms with Crippen LogP contribution >= 0.6 is 23.4 Å². The van der Waals surface area contributed by atoms with E-state index < -0.39 is 6.09 Å². The number of rotatable bonds is 5. The molecule has 0 fully saturated rings. The van der Waals surface area contributed by atoms with Crippen molar-refractivity contribution in [3.05, 3.63) is 70.2 Å². The van der Waals surface area contributed by atoms with Gasteiger partial charge in [0.05, 0.1) is 12.2 Å². The molecule has 0 aliphatic heterocycles. The summed E-state index contributed by atoms with van der Waals surface area (Å²) < 4.78 is 6.06. The summed E-state index contributed by atoms with van der Waals surface area (Å²) in [6, 6.07) is 15.1. The van der Waals surface area contributed by atoms with E-state index in [0.717, 1.165) is 21.6 Å². The van der Waals surface area contributed by atoms with Gasteiger partial charge < -0.3 is 4.74 Å². The van der Waals surface area contributed by atoms with Crippen LogP contribution in [0.1, 0.15) is 23.6 Å². The molecule has 0 radical (unpaired) electrons. The number of hydrazone groups is 1. The number of carbonyl (C=O) groups excluding carboxylic acids is 1. The third-order valence-corrected chi connectivity index (χ3v) is 4.24. The molecule has 2 aromatic carbocycles. The van der Waals surface area contributed by atoms with Gasteiger partial charge in [-0.2, -0.15) is 22.4 Å². The summed E-state index contributed by atoms with van der Waals surface area (Å²) in [4.78, 5) is 12.1. The normalized spacial score (nSPS) is 11.8. The van der Waals surface area contributed by atoms with Crippen LogP contribution in [0.5, 0.6) is 0 Å². The van der Waals surface area contributed by atoms with Gasteiger partial charge in [-0.25, -0.2) is 0 Å². The maximum absolute atomic E-state index is 12.1. The Bertz CT molecular complexity index is 728. The first-order valence-electron chi connectivity index (χ1n) is 7.49. The van der Waals surface area contributed by atoms with Crippen LogP contribution < -0.4 is 5.84 Å². The fourth-order valence-corrected chi connectivity index (χ4v) is 2.91. The summed E-state index contributed by atoms with van der Waals surface area (Å²) >= 11 is 7.72.